The fraction of sp³-hybridized carbons (Fsp3) is 0.318. The van der Waals surface area contributed by atoms with Gasteiger partial charge in [0.1, 0.15) is 5.82 Å². The molecule has 2 amide bonds. The van der Waals surface area contributed by atoms with Crippen LogP contribution in [-0.2, 0) is 12.7 Å². The Bertz CT molecular complexity index is 1160. The van der Waals surface area contributed by atoms with Gasteiger partial charge in [-0.1, -0.05) is 24.3 Å². The summed E-state index contributed by atoms with van der Waals surface area (Å²) in [5, 5.41) is 2.82. The molecular formula is C22H23F3N4O2. The van der Waals surface area contributed by atoms with E-state index in [2.05, 4.69) is 10.3 Å². The average molecular weight is 432 g/mol. The lowest BCUT2D eigenvalue weighted by molar-refractivity contribution is -0.136. The van der Waals surface area contributed by atoms with Crippen LogP contribution in [0.2, 0.25) is 0 Å². The van der Waals surface area contributed by atoms with Crippen molar-refractivity contribution in [3.8, 4) is 0 Å². The molecule has 6 nitrogen and oxygen atoms in total. The zero-order valence-electron chi connectivity index (χ0n) is 17.4. The first-order chi connectivity index (χ1) is 14.7. The Kier molecular flexibility index (Phi) is 6.33. The highest BCUT2D eigenvalue weighted by molar-refractivity contribution is 5.90. The fourth-order valence-corrected chi connectivity index (χ4v) is 3.57. The SMILES string of the molecule is CCN(C(=O)Nc1ccccc1C(F)(F)F)C(C)c1nc2ccccc2c(=O)n1CC. The van der Waals surface area contributed by atoms with E-state index >= 15 is 0 Å². The summed E-state index contributed by atoms with van der Waals surface area (Å²) < 4.78 is 41.3. The molecule has 31 heavy (non-hydrogen) atoms. The quantitative estimate of drug-likeness (QED) is 0.614. The zero-order chi connectivity index (χ0) is 22.8. The van der Waals surface area contributed by atoms with E-state index in [9.17, 15) is 22.8 Å². The Hall–Kier alpha value is -3.36. The van der Waals surface area contributed by atoms with Crippen LogP contribution in [-0.4, -0.2) is 27.0 Å². The molecule has 0 spiro atoms. The number of aromatic nitrogens is 2. The van der Waals surface area contributed by atoms with E-state index in [0.717, 1.165) is 6.07 Å². The van der Waals surface area contributed by atoms with Gasteiger partial charge in [-0.2, -0.15) is 13.2 Å². The molecule has 0 saturated carbocycles. The van der Waals surface area contributed by atoms with Gasteiger partial charge in [0.05, 0.1) is 28.2 Å². The standard InChI is InChI=1S/C22H23F3N4O2/c1-4-28(21(31)27-18-13-9-7-11-16(18)22(23,24)25)14(3)19-26-17-12-8-6-10-15(17)20(30)29(19)5-2/h6-14H,4-5H2,1-3H3,(H,27,31). The van der Waals surface area contributed by atoms with Crippen LogP contribution in [0.15, 0.2) is 53.3 Å². The summed E-state index contributed by atoms with van der Waals surface area (Å²) in [6, 6.07) is 10.3. The normalized spacial score (nSPS) is 12.6. The van der Waals surface area contributed by atoms with Crippen molar-refractivity contribution < 1.29 is 18.0 Å². The first kappa shape index (κ1) is 22.3. The Balaban J connectivity index is 1.99. The Morgan fingerprint density at radius 2 is 1.77 bits per heavy atom. The van der Waals surface area contributed by atoms with Gasteiger partial charge in [-0.05, 0) is 45.0 Å². The highest BCUT2D eigenvalue weighted by Gasteiger charge is 2.34. The largest absolute Gasteiger partial charge is 0.418 e. The lowest BCUT2D eigenvalue weighted by atomic mass is 10.1. The number of halogens is 3. The number of carbonyl (C=O) groups is 1. The Labute approximate surface area is 177 Å². The van der Waals surface area contributed by atoms with Gasteiger partial charge in [-0.15, -0.1) is 0 Å². The second-order valence-corrected chi connectivity index (χ2v) is 6.97. The third kappa shape index (κ3) is 4.40. The monoisotopic (exact) mass is 432 g/mol. The molecule has 3 aromatic rings. The number of fused-ring (bicyclic) bond motifs is 1. The van der Waals surface area contributed by atoms with Crippen LogP contribution < -0.4 is 10.9 Å². The van der Waals surface area contributed by atoms with Gasteiger partial charge in [-0.25, -0.2) is 9.78 Å². The van der Waals surface area contributed by atoms with Crippen LogP contribution in [0, 0.1) is 0 Å². The molecule has 1 N–H and O–H groups in total. The highest BCUT2D eigenvalue weighted by atomic mass is 19.4. The van der Waals surface area contributed by atoms with E-state index in [1.165, 1.54) is 27.7 Å². The molecule has 3 rings (SSSR count). The van der Waals surface area contributed by atoms with Crippen LogP contribution in [0.25, 0.3) is 10.9 Å². The van der Waals surface area contributed by atoms with Gasteiger partial charge in [0.25, 0.3) is 5.56 Å². The van der Waals surface area contributed by atoms with Gasteiger partial charge < -0.3 is 10.2 Å². The average Bonchev–Trinajstić information content (AvgIpc) is 2.73. The molecule has 1 unspecified atom stereocenters. The second kappa shape index (κ2) is 8.79. The van der Waals surface area contributed by atoms with Crippen LogP contribution in [0.4, 0.5) is 23.7 Å². The maximum absolute atomic E-state index is 13.3. The number of nitrogens with one attached hydrogen (secondary N) is 1. The molecule has 2 aromatic carbocycles. The van der Waals surface area contributed by atoms with E-state index < -0.39 is 23.8 Å². The van der Waals surface area contributed by atoms with Gasteiger partial charge in [0, 0.05) is 13.1 Å². The molecule has 0 aliphatic heterocycles. The molecular weight excluding hydrogens is 409 g/mol. The fourth-order valence-electron chi connectivity index (χ4n) is 3.57. The minimum absolute atomic E-state index is 0.202. The van der Waals surface area contributed by atoms with Crippen molar-refractivity contribution in [3.05, 3.63) is 70.3 Å². The molecule has 1 aromatic heterocycles. The van der Waals surface area contributed by atoms with Crippen molar-refractivity contribution in [2.24, 2.45) is 0 Å². The van der Waals surface area contributed by atoms with Gasteiger partial charge >= 0.3 is 12.2 Å². The number of urea groups is 1. The van der Waals surface area contributed by atoms with Crippen molar-refractivity contribution in [2.75, 3.05) is 11.9 Å². The number of hydrogen-bond acceptors (Lipinski definition) is 3. The molecule has 0 fully saturated rings. The molecule has 0 saturated heterocycles. The molecule has 0 radical (unpaired) electrons. The van der Waals surface area contributed by atoms with Crippen molar-refractivity contribution in [2.45, 2.75) is 39.5 Å². The van der Waals surface area contributed by atoms with Gasteiger partial charge in [-0.3, -0.25) is 9.36 Å². The zero-order valence-corrected chi connectivity index (χ0v) is 17.4. The van der Waals surface area contributed by atoms with Crippen LogP contribution in [0.5, 0.6) is 0 Å². The minimum Gasteiger partial charge on any atom is -0.315 e. The molecule has 0 aliphatic carbocycles. The number of para-hydroxylation sites is 2. The summed E-state index contributed by atoms with van der Waals surface area (Å²) in [7, 11) is 0. The van der Waals surface area contributed by atoms with Crippen molar-refractivity contribution in [3.63, 3.8) is 0 Å². The molecule has 9 heteroatoms. The van der Waals surface area contributed by atoms with Crippen LogP contribution in [0.1, 0.15) is 38.2 Å². The van der Waals surface area contributed by atoms with Crippen molar-refractivity contribution in [1.82, 2.24) is 14.5 Å². The summed E-state index contributed by atoms with van der Waals surface area (Å²) in [5.74, 6) is 0.368. The lowest BCUT2D eigenvalue weighted by Crippen LogP contribution is -2.40. The topological polar surface area (TPSA) is 67.2 Å². The summed E-state index contributed by atoms with van der Waals surface area (Å²) >= 11 is 0. The van der Waals surface area contributed by atoms with Crippen LogP contribution >= 0.6 is 0 Å². The number of anilines is 1. The van der Waals surface area contributed by atoms with Gasteiger partial charge in [0.2, 0.25) is 0 Å². The van der Waals surface area contributed by atoms with E-state index in [-0.39, 0.29) is 17.8 Å². The number of amides is 2. The number of rotatable bonds is 5. The predicted molar refractivity (Wildman–Crippen MR) is 113 cm³/mol. The van der Waals surface area contributed by atoms with E-state index in [1.54, 1.807) is 45.0 Å². The highest BCUT2D eigenvalue weighted by Crippen LogP contribution is 2.35. The van der Waals surface area contributed by atoms with E-state index in [1.807, 2.05) is 0 Å². The van der Waals surface area contributed by atoms with Gasteiger partial charge in [0.15, 0.2) is 0 Å². The summed E-state index contributed by atoms with van der Waals surface area (Å²) in [5.41, 5.74) is -0.988. The molecule has 164 valence electrons. The first-order valence-corrected chi connectivity index (χ1v) is 9.92. The number of carbonyl (C=O) groups excluding carboxylic acids is 1. The number of alkyl halides is 3. The summed E-state index contributed by atoms with van der Waals surface area (Å²) in [4.78, 5) is 31.7. The predicted octanol–water partition coefficient (Wildman–Crippen LogP) is 5.05. The molecule has 1 atom stereocenters. The number of benzene rings is 2. The third-order valence-electron chi connectivity index (χ3n) is 5.12. The summed E-state index contributed by atoms with van der Waals surface area (Å²) in [6.07, 6.45) is -4.60. The molecule has 0 aliphatic rings. The maximum Gasteiger partial charge on any atom is 0.418 e. The second-order valence-electron chi connectivity index (χ2n) is 6.97. The Morgan fingerprint density at radius 3 is 2.42 bits per heavy atom. The van der Waals surface area contributed by atoms with E-state index in [4.69, 9.17) is 0 Å². The molecule has 1 heterocycles. The summed E-state index contributed by atoms with van der Waals surface area (Å²) in [6.45, 7) is 5.74. The third-order valence-corrected chi connectivity index (χ3v) is 5.12. The smallest absolute Gasteiger partial charge is 0.315 e. The van der Waals surface area contributed by atoms with Crippen LogP contribution in [0.3, 0.4) is 0 Å². The van der Waals surface area contributed by atoms with E-state index in [0.29, 0.717) is 23.3 Å². The minimum atomic E-state index is -4.60. The first-order valence-electron chi connectivity index (χ1n) is 9.92. The Morgan fingerprint density at radius 1 is 1.13 bits per heavy atom. The van der Waals surface area contributed by atoms with Crippen molar-refractivity contribution in [1.29, 1.82) is 0 Å². The number of hydrogen-bond donors (Lipinski definition) is 1. The number of nitrogens with zero attached hydrogens (tertiary/aromatic N) is 3. The maximum atomic E-state index is 13.3. The molecule has 0 bridgehead atoms. The lowest BCUT2D eigenvalue weighted by Gasteiger charge is -2.29. The van der Waals surface area contributed by atoms with Crippen molar-refractivity contribution >= 4 is 22.6 Å².